The Bertz CT molecular complexity index is 978. The van der Waals surface area contributed by atoms with E-state index >= 15 is 0 Å². The quantitative estimate of drug-likeness (QED) is 0.483. The lowest BCUT2D eigenvalue weighted by atomic mass is 10.2. The average molecular weight is 396 g/mol. The summed E-state index contributed by atoms with van der Waals surface area (Å²) in [5.74, 6) is 0.743. The van der Waals surface area contributed by atoms with E-state index in [4.69, 9.17) is 21.1 Å². The van der Waals surface area contributed by atoms with E-state index in [1.807, 2.05) is 24.3 Å². The molecular weight excluding hydrogens is 378 g/mol. The van der Waals surface area contributed by atoms with Crippen molar-refractivity contribution in [2.45, 2.75) is 6.61 Å². The molecule has 1 aromatic heterocycles. The Labute approximate surface area is 167 Å². The molecule has 0 saturated carbocycles. The van der Waals surface area contributed by atoms with Crippen LogP contribution in [0.4, 0.5) is 0 Å². The minimum atomic E-state index is -0.386. The highest BCUT2D eigenvalue weighted by molar-refractivity contribution is 6.31. The van der Waals surface area contributed by atoms with Crippen LogP contribution in [0, 0.1) is 0 Å². The molecule has 0 atom stereocenters. The minimum absolute atomic E-state index is 0.292. The third-order valence-corrected chi connectivity index (χ3v) is 4.17. The number of nitrogens with zero attached hydrogens (tertiary/aromatic N) is 2. The lowest BCUT2D eigenvalue weighted by Crippen LogP contribution is -2.18. The fraction of sp³-hybridized carbons (Fsp3) is 0.0952. The Morgan fingerprint density at radius 1 is 1.14 bits per heavy atom. The van der Waals surface area contributed by atoms with Gasteiger partial charge in [-0.05, 0) is 42.0 Å². The Morgan fingerprint density at radius 2 is 1.96 bits per heavy atom. The van der Waals surface area contributed by atoms with Gasteiger partial charge in [0.2, 0.25) is 0 Å². The molecule has 3 aromatic rings. The average Bonchev–Trinajstić information content (AvgIpc) is 2.74. The first-order chi connectivity index (χ1) is 13.7. The van der Waals surface area contributed by atoms with Gasteiger partial charge >= 0.3 is 0 Å². The van der Waals surface area contributed by atoms with Gasteiger partial charge < -0.3 is 9.47 Å². The standard InChI is InChI=1S/C21H18ClN3O3/c1-27-20-12-15(13-24-25-21(26)18-8-4-5-11-23-18)9-10-19(20)28-14-16-6-2-3-7-17(16)22/h2-13H,14H2,1H3,(H,25,26)/b24-13-. The summed E-state index contributed by atoms with van der Waals surface area (Å²) < 4.78 is 11.2. The van der Waals surface area contributed by atoms with Crippen LogP contribution in [-0.4, -0.2) is 24.2 Å². The number of hydrogen-bond donors (Lipinski definition) is 1. The number of amides is 1. The predicted octanol–water partition coefficient (Wildman–Crippen LogP) is 4.09. The first-order valence-corrected chi connectivity index (χ1v) is 8.84. The minimum Gasteiger partial charge on any atom is -0.493 e. The lowest BCUT2D eigenvalue weighted by molar-refractivity contribution is 0.0950. The number of halogens is 1. The molecule has 0 fully saturated rings. The van der Waals surface area contributed by atoms with E-state index in [2.05, 4.69) is 15.5 Å². The van der Waals surface area contributed by atoms with Crippen molar-refractivity contribution < 1.29 is 14.3 Å². The normalized spacial score (nSPS) is 10.6. The monoisotopic (exact) mass is 395 g/mol. The van der Waals surface area contributed by atoms with Gasteiger partial charge in [0.15, 0.2) is 11.5 Å². The summed E-state index contributed by atoms with van der Waals surface area (Å²) in [7, 11) is 1.56. The van der Waals surface area contributed by atoms with Crippen LogP contribution in [0.25, 0.3) is 0 Å². The summed E-state index contributed by atoms with van der Waals surface area (Å²) >= 11 is 6.15. The van der Waals surface area contributed by atoms with Gasteiger partial charge in [-0.3, -0.25) is 9.78 Å². The number of nitrogens with one attached hydrogen (secondary N) is 1. The van der Waals surface area contributed by atoms with Crippen LogP contribution >= 0.6 is 11.6 Å². The topological polar surface area (TPSA) is 72.8 Å². The molecule has 142 valence electrons. The van der Waals surface area contributed by atoms with E-state index < -0.39 is 0 Å². The number of pyridine rings is 1. The highest BCUT2D eigenvalue weighted by Gasteiger charge is 2.08. The highest BCUT2D eigenvalue weighted by Crippen LogP contribution is 2.29. The van der Waals surface area contributed by atoms with Crippen molar-refractivity contribution in [1.29, 1.82) is 0 Å². The Kier molecular flexibility index (Phi) is 6.59. The molecule has 7 heteroatoms. The van der Waals surface area contributed by atoms with E-state index in [0.29, 0.717) is 28.8 Å². The zero-order chi connectivity index (χ0) is 19.8. The van der Waals surface area contributed by atoms with Crippen molar-refractivity contribution >= 4 is 23.7 Å². The second-order valence-corrected chi connectivity index (χ2v) is 6.11. The van der Waals surface area contributed by atoms with E-state index in [-0.39, 0.29) is 5.91 Å². The number of rotatable bonds is 7. The fourth-order valence-corrected chi connectivity index (χ4v) is 2.56. The largest absolute Gasteiger partial charge is 0.493 e. The molecule has 2 aromatic carbocycles. The molecule has 3 rings (SSSR count). The SMILES string of the molecule is COc1cc(/C=N\NC(=O)c2ccccn2)ccc1OCc1ccccc1Cl. The van der Waals surface area contributed by atoms with Crippen LogP contribution in [0.2, 0.25) is 5.02 Å². The molecule has 6 nitrogen and oxygen atoms in total. The first kappa shape index (κ1) is 19.4. The van der Waals surface area contributed by atoms with Gasteiger partial charge in [0.1, 0.15) is 12.3 Å². The van der Waals surface area contributed by atoms with Crippen molar-refractivity contribution in [2.75, 3.05) is 7.11 Å². The summed E-state index contributed by atoms with van der Waals surface area (Å²) in [5, 5.41) is 4.60. The number of benzene rings is 2. The van der Waals surface area contributed by atoms with Crippen molar-refractivity contribution in [1.82, 2.24) is 10.4 Å². The number of methoxy groups -OCH3 is 1. The van der Waals surface area contributed by atoms with Crippen molar-refractivity contribution in [2.24, 2.45) is 5.10 Å². The first-order valence-electron chi connectivity index (χ1n) is 8.46. The molecule has 0 aliphatic carbocycles. The number of carbonyl (C=O) groups is 1. The predicted molar refractivity (Wildman–Crippen MR) is 108 cm³/mol. The second kappa shape index (κ2) is 9.53. The van der Waals surface area contributed by atoms with Crippen LogP contribution in [0.3, 0.4) is 0 Å². The van der Waals surface area contributed by atoms with Crippen molar-refractivity contribution in [3.05, 3.63) is 88.7 Å². The van der Waals surface area contributed by atoms with Gasteiger partial charge in [-0.1, -0.05) is 35.9 Å². The van der Waals surface area contributed by atoms with E-state index in [1.54, 1.807) is 49.7 Å². The lowest BCUT2D eigenvalue weighted by Gasteiger charge is -2.12. The van der Waals surface area contributed by atoms with Crippen LogP contribution in [-0.2, 0) is 6.61 Å². The molecule has 0 aliphatic heterocycles. The van der Waals surface area contributed by atoms with Crippen LogP contribution < -0.4 is 14.9 Å². The van der Waals surface area contributed by atoms with Crippen LogP contribution in [0.5, 0.6) is 11.5 Å². The smallest absolute Gasteiger partial charge is 0.289 e. The van der Waals surface area contributed by atoms with Crippen LogP contribution in [0.1, 0.15) is 21.6 Å². The highest BCUT2D eigenvalue weighted by atomic mass is 35.5. The molecule has 1 heterocycles. The molecule has 28 heavy (non-hydrogen) atoms. The summed E-state index contributed by atoms with van der Waals surface area (Å²) in [6, 6.07) is 17.9. The van der Waals surface area contributed by atoms with Crippen molar-refractivity contribution in [3.63, 3.8) is 0 Å². The zero-order valence-electron chi connectivity index (χ0n) is 15.1. The molecule has 0 radical (unpaired) electrons. The Hall–Kier alpha value is -3.38. The van der Waals surface area contributed by atoms with Crippen LogP contribution in [0.15, 0.2) is 72.0 Å². The maximum atomic E-state index is 11.9. The van der Waals surface area contributed by atoms with Crippen molar-refractivity contribution in [3.8, 4) is 11.5 Å². The van der Waals surface area contributed by atoms with E-state index in [9.17, 15) is 4.79 Å². The number of ether oxygens (including phenoxy) is 2. The summed E-state index contributed by atoms with van der Waals surface area (Å²) in [5.41, 5.74) is 4.35. The second-order valence-electron chi connectivity index (χ2n) is 5.70. The summed E-state index contributed by atoms with van der Waals surface area (Å²) in [4.78, 5) is 15.9. The molecule has 1 amide bonds. The molecule has 0 bridgehead atoms. The number of hydrogen-bond acceptors (Lipinski definition) is 5. The third-order valence-electron chi connectivity index (χ3n) is 3.81. The number of aromatic nitrogens is 1. The zero-order valence-corrected chi connectivity index (χ0v) is 15.9. The Balaban J connectivity index is 1.64. The van der Waals surface area contributed by atoms with Gasteiger partial charge in [0.25, 0.3) is 5.91 Å². The molecule has 0 spiro atoms. The van der Waals surface area contributed by atoms with Gasteiger partial charge in [-0.2, -0.15) is 5.10 Å². The Morgan fingerprint density at radius 3 is 2.71 bits per heavy atom. The van der Waals surface area contributed by atoms with Gasteiger partial charge in [0, 0.05) is 16.8 Å². The maximum absolute atomic E-state index is 11.9. The van der Waals surface area contributed by atoms with Gasteiger partial charge in [0.05, 0.1) is 13.3 Å². The van der Waals surface area contributed by atoms with E-state index in [0.717, 1.165) is 11.1 Å². The van der Waals surface area contributed by atoms with Gasteiger partial charge in [-0.25, -0.2) is 5.43 Å². The van der Waals surface area contributed by atoms with E-state index in [1.165, 1.54) is 6.21 Å². The molecular formula is C21H18ClN3O3. The molecule has 0 unspecified atom stereocenters. The maximum Gasteiger partial charge on any atom is 0.289 e. The number of carbonyl (C=O) groups excluding carboxylic acids is 1. The summed E-state index contributed by atoms with van der Waals surface area (Å²) in [6.07, 6.45) is 3.06. The molecule has 1 N–H and O–H groups in total. The summed E-state index contributed by atoms with van der Waals surface area (Å²) in [6.45, 7) is 0.323. The fourth-order valence-electron chi connectivity index (χ4n) is 2.37. The van der Waals surface area contributed by atoms with Gasteiger partial charge in [-0.15, -0.1) is 0 Å². The molecule has 0 saturated heterocycles. The number of hydrazone groups is 1. The molecule has 0 aliphatic rings. The third kappa shape index (κ3) is 5.08.